The van der Waals surface area contributed by atoms with Gasteiger partial charge >= 0.3 is 0 Å². The summed E-state index contributed by atoms with van der Waals surface area (Å²) in [6, 6.07) is 16.4. The van der Waals surface area contributed by atoms with Crippen molar-refractivity contribution in [2.24, 2.45) is 0 Å². The number of nitrogens with zero attached hydrogens (tertiary/aromatic N) is 4. The van der Waals surface area contributed by atoms with Gasteiger partial charge in [0.05, 0.1) is 5.69 Å². The lowest BCUT2D eigenvalue weighted by atomic mass is 10.1. The van der Waals surface area contributed by atoms with Gasteiger partial charge in [0.25, 0.3) is 5.91 Å². The Morgan fingerprint density at radius 2 is 1.87 bits per heavy atom. The van der Waals surface area contributed by atoms with Crippen molar-refractivity contribution in [1.82, 2.24) is 14.6 Å². The van der Waals surface area contributed by atoms with E-state index < -0.39 is 17.2 Å². The van der Waals surface area contributed by atoms with Crippen LogP contribution in [0.4, 0.5) is 10.1 Å². The van der Waals surface area contributed by atoms with E-state index in [1.807, 2.05) is 12.1 Å². The predicted octanol–water partition coefficient (Wildman–Crippen LogP) is 3.13. The molecule has 0 spiro atoms. The van der Waals surface area contributed by atoms with Gasteiger partial charge in [0.1, 0.15) is 34.8 Å². The molecule has 2 aromatic carbocycles. The normalized spacial score (nSPS) is 10.5. The highest BCUT2D eigenvalue weighted by atomic mass is 19.1. The zero-order valence-electron chi connectivity index (χ0n) is 16.1. The number of carbonyl (C=O) groups excluding carboxylic acids is 1. The fraction of sp³-hybridized carbons (Fsp3) is 0.0455. The maximum absolute atomic E-state index is 13.8. The topological polar surface area (TPSA) is 127 Å². The summed E-state index contributed by atoms with van der Waals surface area (Å²) in [5, 5.41) is 24.0. The lowest BCUT2D eigenvalue weighted by molar-refractivity contribution is 0.102. The molecule has 9 heteroatoms. The molecule has 0 atom stereocenters. The number of nitrogens with one attached hydrogen (secondary N) is 2. The van der Waals surface area contributed by atoms with E-state index in [1.165, 1.54) is 23.6 Å². The van der Waals surface area contributed by atoms with Gasteiger partial charge < -0.3 is 5.32 Å². The van der Waals surface area contributed by atoms with Crippen LogP contribution < -0.4 is 10.7 Å². The van der Waals surface area contributed by atoms with Crippen molar-refractivity contribution in [1.29, 1.82) is 10.5 Å². The Hall–Kier alpha value is -4.76. The summed E-state index contributed by atoms with van der Waals surface area (Å²) in [4.78, 5) is 30.1. The minimum absolute atomic E-state index is 0.0217. The highest BCUT2D eigenvalue weighted by Crippen LogP contribution is 2.24. The smallest absolute Gasteiger partial charge is 0.261 e. The van der Waals surface area contributed by atoms with E-state index in [9.17, 15) is 19.2 Å². The van der Waals surface area contributed by atoms with Gasteiger partial charge in [-0.2, -0.15) is 10.5 Å². The Morgan fingerprint density at radius 1 is 1.13 bits per heavy atom. The van der Waals surface area contributed by atoms with Gasteiger partial charge in [-0.1, -0.05) is 36.4 Å². The number of nitriles is 2. The van der Waals surface area contributed by atoms with Crippen LogP contribution in [0.5, 0.6) is 0 Å². The van der Waals surface area contributed by atoms with Crippen LogP contribution >= 0.6 is 0 Å². The molecule has 31 heavy (non-hydrogen) atoms. The summed E-state index contributed by atoms with van der Waals surface area (Å²) in [6.07, 6.45) is 0. The number of amides is 1. The quantitative estimate of drug-likeness (QED) is 0.534. The van der Waals surface area contributed by atoms with Crippen molar-refractivity contribution in [3.63, 3.8) is 0 Å². The minimum atomic E-state index is -0.828. The Labute approximate surface area is 174 Å². The number of benzene rings is 2. The second-order valence-electron chi connectivity index (χ2n) is 6.62. The maximum Gasteiger partial charge on any atom is 0.261 e. The number of aryl methyl sites for hydroxylation is 1. The van der Waals surface area contributed by atoms with Crippen molar-refractivity contribution in [2.75, 3.05) is 5.32 Å². The Kier molecular flexibility index (Phi) is 4.78. The van der Waals surface area contributed by atoms with Crippen LogP contribution in [0.15, 0.2) is 53.3 Å². The van der Waals surface area contributed by atoms with Crippen molar-refractivity contribution < 1.29 is 9.18 Å². The summed E-state index contributed by atoms with van der Waals surface area (Å²) in [7, 11) is 0. The van der Waals surface area contributed by atoms with Crippen molar-refractivity contribution in [2.45, 2.75) is 6.92 Å². The van der Waals surface area contributed by atoms with E-state index in [0.29, 0.717) is 11.3 Å². The van der Waals surface area contributed by atoms with Crippen molar-refractivity contribution in [3.8, 4) is 23.4 Å². The van der Waals surface area contributed by atoms with Crippen LogP contribution in [0.3, 0.4) is 0 Å². The summed E-state index contributed by atoms with van der Waals surface area (Å²) in [6.45, 7) is 1.52. The summed E-state index contributed by atoms with van der Waals surface area (Å²) < 4.78 is 15.2. The molecule has 0 aliphatic carbocycles. The highest BCUT2D eigenvalue weighted by molar-refractivity contribution is 6.06. The number of halogens is 1. The third-order valence-electron chi connectivity index (χ3n) is 4.72. The number of rotatable bonds is 3. The molecule has 0 radical (unpaired) electrons. The molecule has 4 aromatic rings. The second-order valence-corrected chi connectivity index (χ2v) is 6.62. The minimum Gasteiger partial charge on any atom is -0.320 e. The lowest BCUT2D eigenvalue weighted by Gasteiger charge is -2.10. The molecular weight excluding hydrogens is 399 g/mol. The molecule has 2 heterocycles. The van der Waals surface area contributed by atoms with Crippen LogP contribution in [0.25, 0.3) is 16.9 Å². The zero-order valence-corrected chi connectivity index (χ0v) is 16.1. The zero-order chi connectivity index (χ0) is 22.1. The van der Waals surface area contributed by atoms with Gasteiger partial charge in [-0.15, -0.1) is 0 Å². The van der Waals surface area contributed by atoms with E-state index in [2.05, 4.69) is 15.4 Å². The number of fused-ring (bicyclic) bond motifs is 1. The summed E-state index contributed by atoms with van der Waals surface area (Å²) >= 11 is 0. The molecule has 0 saturated heterocycles. The molecule has 0 aliphatic rings. The van der Waals surface area contributed by atoms with E-state index in [4.69, 9.17) is 5.26 Å². The molecule has 0 fully saturated rings. The molecule has 0 aliphatic heterocycles. The van der Waals surface area contributed by atoms with Gasteiger partial charge in [-0.25, -0.2) is 13.9 Å². The SMILES string of the molecule is Cc1[nH]n2c(-c3ccccc3)c(C#N)nc2c(=O)c1C(=O)Nc1cccc(F)c1C#N. The molecule has 0 saturated carbocycles. The first kappa shape index (κ1) is 19.6. The van der Waals surface area contributed by atoms with Crippen molar-refractivity contribution in [3.05, 3.63) is 87.1 Å². The maximum atomic E-state index is 13.8. The Bertz CT molecular complexity index is 1490. The fourth-order valence-corrected chi connectivity index (χ4v) is 3.33. The van der Waals surface area contributed by atoms with E-state index >= 15 is 0 Å². The third-order valence-corrected chi connectivity index (χ3v) is 4.72. The molecule has 2 aromatic heterocycles. The predicted molar refractivity (Wildman–Crippen MR) is 110 cm³/mol. The first-order valence-corrected chi connectivity index (χ1v) is 9.07. The van der Waals surface area contributed by atoms with Gasteiger partial charge in [-0.3, -0.25) is 14.7 Å². The van der Waals surface area contributed by atoms with E-state index in [-0.39, 0.29) is 33.8 Å². The van der Waals surface area contributed by atoms with Crippen LogP contribution in [0.1, 0.15) is 27.3 Å². The van der Waals surface area contributed by atoms with E-state index in [0.717, 1.165) is 6.07 Å². The number of imidazole rings is 1. The average molecular weight is 412 g/mol. The number of aromatic amines is 1. The largest absolute Gasteiger partial charge is 0.320 e. The van der Waals surface area contributed by atoms with Crippen molar-refractivity contribution >= 4 is 17.2 Å². The number of hydrogen-bond donors (Lipinski definition) is 2. The van der Waals surface area contributed by atoms with Crippen LogP contribution in [-0.2, 0) is 0 Å². The van der Waals surface area contributed by atoms with Gasteiger partial charge in [0, 0.05) is 11.3 Å². The van der Waals surface area contributed by atoms with E-state index in [1.54, 1.807) is 30.3 Å². The number of anilines is 1. The lowest BCUT2D eigenvalue weighted by Crippen LogP contribution is -2.26. The first-order valence-electron chi connectivity index (χ1n) is 9.07. The molecule has 8 nitrogen and oxygen atoms in total. The molecule has 0 bridgehead atoms. The second kappa shape index (κ2) is 7.58. The third kappa shape index (κ3) is 3.20. The molecule has 2 N–H and O–H groups in total. The fourth-order valence-electron chi connectivity index (χ4n) is 3.33. The molecule has 4 rings (SSSR count). The first-order chi connectivity index (χ1) is 15.0. The summed E-state index contributed by atoms with van der Waals surface area (Å²) in [5.74, 6) is -1.62. The standard InChI is InChI=1S/C22H13FN6O2/c1-12-18(22(31)27-16-9-5-8-15(23)14(16)10-24)20(30)21-26-17(11-25)19(29(21)28-12)13-6-3-2-4-7-13/h2-9,28H,1H3,(H,27,31). The Morgan fingerprint density at radius 3 is 2.55 bits per heavy atom. The van der Waals surface area contributed by atoms with Gasteiger partial charge in [0.2, 0.25) is 11.1 Å². The molecule has 1 amide bonds. The van der Waals surface area contributed by atoms with Crippen LogP contribution in [0, 0.1) is 35.4 Å². The van der Waals surface area contributed by atoms with Gasteiger partial charge in [-0.05, 0) is 19.1 Å². The monoisotopic (exact) mass is 412 g/mol. The number of hydrogen-bond acceptors (Lipinski definition) is 5. The number of carbonyl (C=O) groups is 1. The highest BCUT2D eigenvalue weighted by Gasteiger charge is 2.23. The number of H-pyrrole nitrogens is 1. The number of aromatic nitrogens is 3. The van der Waals surface area contributed by atoms with Crippen LogP contribution in [-0.4, -0.2) is 20.5 Å². The summed E-state index contributed by atoms with van der Waals surface area (Å²) in [5.41, 5.74) is -0.207. The molecule has 150 valence electrons. The molecular formula is C22H13FN6O2. The average Bonchev–Trinajstić information content (AvgIpc) is 3.13. The Balaban J connectivity index is 1.87. The molecule has 0 unspecified atom stereocenters. The van der Waals surface area contributed by atoms with Crippen LogP contribution in [0.2, 0.25) is 0 Å². The van der Waals surface area contributed by atoms with Gasteiger partial charge in [0.15, 0.2) is 5.69 Å².